The number of nitrogens with one attached hydrogen (secondary N) is 1. The molecule has 1 aromatic heterocycles. The Hall–Kier alpha value is -0.320. The molecule has 2 rings (SSSR count). The molecular formula is C15H24BrNO2. The molecule has 1 fully saturated rings. The van der Waals surface area contributed by atoms with Crippen LogP contribution < -0.4 is 5.32 Å². The van der Waals surface area contributed by atoms with Crippen molar-refractivity contribution >= 4 is 15.9 Å². The van der Waals surface area contributed by atoms with E-state index < -0.39 is 0 Å². The maximum atomic E-state index is 5.63. The number of hydrogen-bond donors (Lipinski definition) is 1. The number of hydrogen-bond acceptors (Lipinski definition) is 3. The third-order valence-corrected chi connectivity index (χ3v) is 4.42. The van der Waals surface area contributed by atoms with Crippen LogP contribution in [0.1, 0.15) is 51.3 Å². The second-order valence-corrected chi connectivity index (χ2v) is 6.14. The zero-order valence-corrected chi connectivity index (χ0v) is 13.4. The van der Waals surface area contributed by atoms with Crippen LogP contribution in [0, 0.1) is 5.92 Å². The first-order valence-electron chi connectivity index (χ1n) is 7.32. The molecule has 1 unspecified atom stereocenters. The second-order valence-electron chi connectivity index (χ2n) is 5.29. The van der Waals surface area contributed by atoms with E-state index in [1.165, 1.54) is 12.8 Å². The van der Waals surface area contributed by atoms with E-state index in [1.54, 1.807) is 6.26 Å². The summed E-state index contributed by atoms with van der Waals surface area (Å²) in [4.78, 5) is 0. The average Bonchev–Trinajstić information content (AvgIpc) is 2.77. The summed E-state index contributed by atoms with van der Waals surface area (Å²) >= 11 is 3.57. The van der Waals surface area contributed by atoms with Crippen molar-refractivity contribution in [2.45, 2.75) is 51.7 Å². The Morgan fingerprint density at radius 3 is 2.84 bits per heavy atom. The van der Waals surface area contributed by atoms with E-state index in [0.29, 0.717) is 12.1 Å². The van der Waals surface area contributed by atoms with Crippen molar-refractivity contribution in [2.24, 2.45) is 5.92 Å². The van der Waals surface area contributed by atoms with Crippen molar-refractivity contribution in [2.75, 3.05) is 13.2 Å². The molecule has 1 aromatic rings. The minimum absolute atomic E-state index is 0.317. The zero-order chi connectivity index (χ0) is 13.7. The van der Waals surface area contributed by atoms with Gasteiger partial charge in [-0.3, -0.25) is 0 Å². The molecule has 19 heavy (non-hydrogen) atoms. The summed E-state index contributed by atoms with van der Waals surface area (Å²) in [7, 11) is 0. The van der Waals surface area contributed by atoms with Crippen molar-refractivity contribution in [3.63, 3.8) is 0 Å². The van der Waals surface area contributed by atoms with E-state index >= 15 is 0 Å². The number of ether oxygens (including phenoxy) is 1. The summed E-state index contributed by atoms with van der Waals surface area (Å²) in [5, 5.41) is 3.59. The Morgan fingerprint density at radius 1 is 1.47 bits per heavy atom. The minimum Gasteiger partial charge on any atom is -0.466 e. The van der Waals surface area contributed by atoms with Crippen LogP contribution in [0.3, 0.4) is 0 Å². The molecule has 1 heterocycles. The molecule has 1 aliphatic carbocycles. The number of rotatable bonds is 8. The van der Waals surface area contributed by atoms with Crippen LogP contribution in [0.25, 0.3) is 0 Å². The lowest BCUT2D eigenvalue weighted by Gasteiger charge is -2.37. The summed E-state index contributed by atoms with van der Waals surface area (Å²) in [6, 6.07) is 2.29. The fraction of sp³-hybridized carbons (Fsp3) is 0.733. The van der Waals surface area contributed by atoms with E-state index in [4.69, 9.17) is 9.15 Å². The normalized spacial score (nSPS) is 24.2. The molecule has 0 bridgehead atoms. The van der Waals surface area contributed by atoms with Gasteiger partial charge in [-0.1, -0.05) is 6.92 Å². The maximum Gasteiger partial charge on any atom is 0.134 e. The van der Waals surface area contributed by atoms with Gasteiger partial charge in [-0.05, 0) is 67.1 Å². The Bertz CT molecular complexity index is 374. The predicted octanol–water partition coefficient (Wildman–Crippen LogP) is 4.29. The molecule has 3 nitrogen and oxygen atoms in total. The maximum absolute atomic E-state index is 5.63. The van der Waals surface area contributed by atoms with E-state index in [-0.39, 0.29) is 0 Å². The summed E-state index contributed by atoms with van der Waals surface area (Å²) in [6.07, 6.45) is 6.90. The van der Waals surface area contributed by atoms with Gasteiger partial charge >= 0.3 is 0 Å². The fourth-order valence-electron chi connectivity index (χ4n) is 2.73. The van der Waals surface area contributed by atoms with Gasteiger partial charge in [0.1, 0.15) is 5.76 Å². The molecule has 0 aromatic carbocycles. The molecular weight excluding hydrogens is 306 g/mol. The molecule has 0 aliphatic heterocycles. The molecule has 0 saturated heterocycles. The highest BCUT2D eigenvalue weighted by atomic mass is 79.9. The van der Waals surface area contributed by atoms with E-state index in [9.17, 15) is 0 Å². The quantitative estimate of drug-likeness (QED) is 0.772. The highest BCUT2D eigenvalue weighted by Crippen LogP contribution is 2.38. The fourth-order valence-corrected chi connectivity index (χ4v) is 3.21. The predicted molar refractivity (Wildman–Crippen MR) is 80.2 cm³/mol. The molecule has 0 amide bonds. The Morgan fingerprint density at radius 2 is 2.26 bits per heavy atom. The van der Waals surface area contributed by atoms with Gasteiger partial charge in [0.05, 0.1) is 22.9 Å². The van der Waals surface area contributed by atoms with E-state index in [0.717, 1.165) is 42.1 Å². The molecule has 1 N–H and O–H groups in total. The van der Waals surface area contributed by atoms with Crippen LogP contribution in [-0.4, -0.2) is 19.3 Å². The minimum atomic E-state index is 0.317. The highest BCUT2D eigenvalue weighted by molar-refractivity contribution is 9.10. The van der Waals surface area contributed by atoms with Crippen LogP contribution in [0.4, 0.5) is 0 Å². The van der Waals surface area contributed by atoms with Crippen LogP contribution in [0.5, 0.6) is 0 Å². The van der Waals surface area contributed by atoms with Gasteiger partial charge in [0.25, 0.3) is 0 Å². The van der Waals surface area contributed by atoms with Crippen molar-refractivity contribution < 1.29 is 9.15 Å². The lowest BCUT2D eigenvalue weighted by Crippen LogP contribution is -2.35. The molecule has 4 heteroatoms. The van der Waals surface area contributed by atoms with Gasteiger partial charge in [-0.25, -0.2) is 0 Å². The smallest absolute Gasteiger partial charge is 0.134 e. The highest BCUT2D eigenvalue weighted by Gasteiger charge is 2.32. The molecule has 1 saturated carbocycles. The molecule has 0 radical (unpaired) electrons. The van der Waals surface area contributed by atoms with Gasteiger partial charge in [0.2, 0.25) is 0 Å². The summed E-state index contributed by atoms with van der Waals surface area (Å²) in [5.41, 5.74) is 0. The van der Waals surface area contributed by atoms with Crippen LogP contribution in [0.2, 0.25) is 0 Å². The molecule has 108 valence electrons. The lowest BCUT2D eigenvalue weighted by atomic mass is 9.78. The first-order valence-corrected chi connectivity index (χ1v) is 8.11. The monoisotopic (exact) mass is 329 g/mol. The van der Waals surface area contributed by atoms with Gasteiger partial charge < -0.3 is 14.5 Å². The third kappa shape index (κ3) is 4.07. The number of furan rings is 1. The first-order chi connectivity index (χ1) is 9.24. The van der Waals surface area contributed by atoms with Gasteiger partial charge in [-0.2, -0.15) is 0 Å². The SMILES string of the molecule is CCCNC(CC1CC(OCC)C1)c1occc1Br. The van der Waals surface area contributed by atoms with Gasteiger partial charge in [-0.15, -0.1) is 0 Å². The number of halogens is 1. The average molecular weight is 330 g/mol. The van der Waals surface area contributed by atoms with Crippen molar-refractivity contribution in [1.82, 2.24) is 5.32 Å². The largest absolute Gasteiger partial charge is 0.466 e. The summed E-state index contributed by atoms with van der Waals surface area (Å²) in [5.74, 6) is 1.79. The second kappa shape index (κ2) is 7.46. The van der Waals surface area contributed by atoms with Crippen molar-refractivity contribution in [3.05, 3.63) is 22.6 Å². The Labute approximate surface area is 124 Å². The van der Waals surface area contributed by atoms with Crippen LogP contribution >= 0.6 is 15.9 Å². The van der Waals surface area contributed by atoms with Crippen LogP contribution in [-0.2, 0) is 4.74 Å². The van der Waals surface area contributed by atoms with Crippen LogP contribution in [0.15, 0.2) is 21.2 Å². The first kappa shape index (κ1) is 15.1. The topological polar surface area (TPSA) is 34.4 Å². The lowest BCUT2D eigenvalue weighted by molar-refractivity contribution is -0.0297. The molecule has 1 aliphatic rings. The third-order valence-electron chi connectivity index (χ3n) is 3.77. The zero-order valence-electron chi connectivity index (χ0n) is 11.8. The Balaban J connectivity index is 1.87. The molecule has 0 spiro atoms. The van der Waals surface area contributed by atoms with Gasteiger partial charge in [0.15, 0.2) is 0 Å². The standard InChI is InChI=1S/C15H24BrNO2/c1-3-6-17-14(15-13(16)5-7-19-15)10-11-8-12(9-11)18-4-2/h5,7,11-12,14,17H,3-4,6,8-10H2,1-2H3. The Kier molecular flexibility index (Phi) is 5.92. The van der Waals surface area contributed by atoms with Crippen molar-refractivity contribution in [3.8, 4) is 0 Å². The van der Waals surface area contributed by atoms with Gasteiger partial charge in [0, 0.05) is 6.61 Å². The van der Waals surface area contributed by atoms with E-state index in [2.05, 4.69) is 35.1 Å². The summed E-state index contributed by atoms with van der Waals surface area (Å²) < 4.78 is 12.3. The molecule has 1 atom stereocenters. The van der Waals surface area contributed by atoms with Crippen molar-refractivity contribution in [1.29, 1.82) is 0 Å². The van der Waals surface area contributed by atoms with E-state index in [1.807, 2.05) is 6.07 Å². The summed E-state index contributed by atoms with van der Waals surface area (Å²) in [6.45, 7) is 6.12.